The first kappa shape index (κ1) is 49.5. The summed E-state index contributed by atoms with van der Waals surface area (Å²) in [7, 11) is -12.3. The molecule has 0 aliphatic rings. The topological polar surface area (TPSA) is 274 Å². The Bertz CT molecular complexity index is 3870. The van der Waals surface area contributed by atoms with Crippen LogP contribution in [0.3, 0.4) is 0 Å². The molecule has 0 saturated heterocycles. The van der Waals surface area contributed by atoms with Crippen LogP contribution in [0.5, 0.6) is 0 Å². The van der Waals surface area contributed by atoms with E-state index in [1.807, 2.05) is 42.7 Å². The second-order valence-corrected chi connectivity index (χ2v) is 22.7. The summed E-state index contributed by atoms with van der Waals surface area (Å²) < 4.78 is 95.3. The summed E-state index contributed by atoms with van der Waals surface area (Å²) >= 11 is 4.94. The van der Waals surface area contributed by atoms with Crippen LogP contribution in [0.25, 0.3) is 32.7 Å². The minimum atomic E-state index is -3.79. The van der Waals surface area contributed by atoms with Gasteiger partial charge in [0.2, 0.25) is 0 Å². The number of aromatic amines is 3. The van der Waals surface area contributed by atoms with Gasteiger partial charge in [-0.1, -0.05) is 34.1 Å². The van der Waals surface area contributed by atoms with Gasteiger partial charge in [-0.25, -0.2) is 25.3 Å². The van der Waals surface area contributed by atoms with E-state index in [1.54, 1.807) is 103 Å². The van der Waals surface area contributed by atoms with Crippen molar-refractivity contribution in [3.05, 3.63) is 167 Å². The largest absolute Gasteiger partial charge is 0.360 e. The minimum Gasteiger partial charge on any atom is -0.360 e. The maximum absolute atomic E-state index is 12.6. The number of aromatic nitrogens is 3. The molecule has 9 rings (SSSR count). The number of halogens is 1. The Morgan fingerprint density at radius 1 is 0.507 bits per heavy atom. The van der Waals surface area contributed by atoms with E-state index in [1.165, 1.54) is 42.9 Å². The van der Waals surface area contributed by atoms with Crippen LogP contribution in [-0.2, 0) is 40.9 Å². The van der Waals surface area contributed by atoms with Crippen LogP contribution in [0.4, 0.5) is 17.1 Å². The van der Waals surface area contributed by atoms with Crippen molar-refractivity contribution in [1.82, 2.24) is 15.0 Å². The number of H-pyrrole nitrogens is 3. The first-order chi connectivity index (χ1) is 32.9. The van der Waals surface area contributed by atoms with Gasteiger partial charge in [-0.05, 0) is 115 Å². The first-order valence-corrected chi connectivity index (χ1v) is 27.9. The molecule has 69 heavy (non-hydrogen) atoms. The minimum absolute atomic E-state index is 0.107. The first-order valence-electron chi connectivity index (χ1n) is 19.9. The van der Waals surface area contributed by atoms with E-state index in [-0.39, 0.29) is 14.7 Å². The summed E-state index contributed by atoms with van der Waals surface area (Å²) in [4.78, 5) is 11.0. The van der Waals surface area contributed by atoms with Gasteiger partial charge in [-0.2, -0.15) is 15.8 Å². The summed E-state index contributed by atoms with van der Waals surface area (Å²) in [5.74, 6) is 0. The highest BCUT2D eigenvalue weighted by Crippen LogP contribution is 2.30. The molecule has 348 valence electrons. The predicted octanol–water partition coefficient (Wildman–Crippen LogP) is 9.74. The SMILES string of the molecule is CS(=O)c1ccc2c(S(=O)(=O)Nc3ccc(C#N)cc3)c[nH]c2c1.CSc1ccc2c(S(=O)(=O)Nc3ccc(C#N)cc3)c[nH]c2c1.N#Cc1ccc(NS(=O)(=O)c2c[nH]c3cc(Br)ccc23)cc1. The molecular formula is C47H36BrN9O7S5. The lowest BCUT2D eigenvalue weighted by atomic mass is 10.2. The van der Waals surface area contributed by atoms with E-state index in [9.17, 15) is 29.5 Å². The Kier molecular flexibility index (Phi) is 15.0. The van der Waals surface area contributed by atoms with Gasteiger partial charge >= 0.3 is 0 Å². The van der Waals surface area contributed by atoms with Gasteiger partial charge in [-0.3, -0.25) is 18.4 Å². The maximum Gasteiger partial charge on any atom is 0.264 e. The molecule has 16 nitrogen and oxygen atoms in total. The third-order valence-corrected chi connectivity index (χ3v) is 16.5. The zero-order valence-electron chi connectivity index (χ0n) is 36.0. The number of benzene rings is 6. The second-order valence-electron chi connectivity index (χ2n) is 14.6. The van der Waals surface area contributed by atoms with Crippen LogP contribution < -0.4 is 14.2 Å². The summed E-state index contributed by atoms with van der Waals surface area (Å²) in [6, 6.07) is 40.5. The van der Waals surface area contributed by atoms with Crippen LogP contribution in [0.15, 0.2) is 175 Å². The van der Waals surface area contributed by atoms with Crippen LogP contribution in [0, 0.1) is 34.0 Å². The molecule has 9 aromatic rings. The van der Waals surface area contributed by atoms with Gasteiger partial charge in [0.15, 0.2) is 0 Å². The number of thioether (sulfide) groups is 1. The van der Waals surface area contributed by atoms with E-state index >= 15 is 0 Å². The molecule has 1 atom stereocenters. The molecule has 0 aliphatic carbocycles. The summed E-state index contributed by atoms with van der Waals surface area (Å²) in [5.41, 5.74) is 4.70. The highest BCUT2D eigenvalue weighted by atomic mass is 79.9. The Morgan fingerprint density at radius 3 is 1.22 bits per heavy atom. The van der Waals surface area contributed by atoms with E-state index in [4.69, 9.17) is 15.8 Å². The van der Waals surface area contributed by atoms with Gasteiger partial charge in [0, 0.05) is 99.7 Å². The van der Waals surface area contributed by atoms with E-state index in [2.05, 4.69) is 45.0 Å². The third-order valence-electron chi connectivity index (χ3n) is 10.1. The van der Waals surface area contributed by atoms with E-state index in [0.717, 1.165) is 20.4 Å². The Labute approximate surface area is 412 Å². The number of nitrogens with zero attached hydrogens (tertiary/aromatic N) is 3. The standard InChI is InChI=1S/C16H13N3O3S2.C16H13N3O2S2.C15H10BrN3O2S/c1-23(20)13-6-7-14-15(8-13)18-10-16(14)24(21,22)19-12-4-2-11(9-17)3-5-12;1-22-13-6-7-14-15(8-13)18-10-16(14)23(20,21)19-12-4-2-11(9-17)3-5-12;16-11-3-6-13-14(7-11)18-9-15(13)22(20,21)19-12-4-1-10(8-17)2-5-12/h2-8,10,18-19H,1H3;2-8,10,18-19H,1H3;1-7,9,18-19H. The van der Waals surface area contributed by atoms with Gasteiger partial charge in [0.25, 0.3) is 30.1 Å². The average Bonchev–Trinajstić information content (AvgIpc) is 4.10. The Morgan fingerprint density at radius 2 is 0.855 bits per heavy atom. The molecule has 0 radical (unpaired) electrons. The summed E-state index contributed by atoms with van der Waals surface area (Å²) in [5, 5.41) is 28.1. The number of nitrogens with one attached hydrogen (secondary N) is 6. The van der Waals surface area contributed by atoms with Crippen LogP contribution in [0.2, 0.25) is 0 Å². The molecule has 22 heteroatoms. The fraction of sp³-hybridized carbons (Fsp3) is 0.0426. The highest BCUT2D eigenvalue weighted by molar-refractivity contribution is 9.10. The molecule has 0 amide bonds. The molecule has 0 aliphatic heterocycles. The van der Waals surface area contributed by atoms with Crippen molar-refractivity contribution in [3.8, 4) is 18.2 Å². The number of fused-ring (bicyclic) bond motifs is 3. The van der Waals surface area contributed by atoms with Crippen LogP contribution >= 0.6 is 27.7 Å². The number of hydrogen-bond acceptors (Lipinski definition) is 11. The zero-order chi connectivity index (χ0) is 49.5. The number of sulfonamides is 3. The fourth-order valence-electron chi connectivity index (χ4n) is 6.67. The molecule has 0 fully saturated rings. The number of rotatable bonds is 11. The van der Waals surface area contributed by atoms with Crippen molar-refractivity contribution >= 4 is 118 Å². The summed E-state index contributed by atoms with van der Waals surface area (Å²) in [6.07, 6.45) is 7.88. The van der Waals surface area contributed by atoms with Crippen molar-refractivity contribution in [1.29, 1.82) is 15.8 Å². The molecule has 6 aromatic carbocycles. The lowest BCUT2D eigenvalue weighted by molar-refractivity contribution is 0.600. The predicted molar refractivity (Wildman–Crippen MR) is 273 cm³/mol. The number of nitriles is 3. The second kappa shape index (κ2) is 20.9. The van der Waals surface area contributed by atoms with Gasteiger partial charge in [0.1, 0.15) is 14.7 Å². The molecular weight excluding hydrogens is 1040 g/mol. The smallest absolute Gasteiger partial charge is 0.264 e. The Hall–Kier alpha value is -7.36. The zero-order valence-corrected chi connectivity index (χ0v) is 41.6. The maximum atomic E-state index is 12.6. The van der Waals surface area contributed by atoms with E-state index < -0.39 is 40.9 Å². The quantitative estimate of drug-likeness (QED) is 0.0663. The van der Waals surface area contributed by atoms with Crippen molar-refractivity contribution < 1.29 is 29.5 Å². The lowest BCUT2D eigenvalue weighted by Gasteiger charge is -2.07. The van der Waals surface area contributed by atoms with Crippen molar-refractivity contribution in [2.75, 3.05) is 26.7 Å². The van der Waals surface area contributed by atoms with E-state index in [0.29, 0.717) is 60.3 Å². The van der Waals surface area contributed by atoms with Crippen molar-refractivity contribution in [3.63, 3.8) is 0 Å². The molecule has 0 spiro atoms. The lowest BCUT2D eigenvalue weighted by Crippen LogP contribution is -2.12. The number of anilines is 3. The molecule has 0 saturated carbocycles. The number of hydrogen-bond donors (Lipinski definition) is 6. The van der Waals surface area contributed by atoms with Crippen molar-refractivity contribution in [2.45, 2.75) is 24.5 Å². The molecule has 1 unspecified atom stereocenters. The van der Waals surface area contributed by atoms with Gasteiger partial charge < -0.3 is 15.0 Å². The average molecular weight is 1080 g/mol. The van der Waals surface area contributed by atoms with Crippen LogP contribution in [-0.4, -0.2) is 56.9 Å². The fourth-order valence-corrected chi connectivity index (χ4v) is 11.7. The van der Waals surface area contributed by atoms with Crippen molar-refractivity contribution in [2.24, 2.45) is 0 Å². The highest BCUT2D eigenvalue weighted by Gasteiger charge is 2.22. The Balaban J connectivity index is 0.000000153. The molecule has 0 bridgehead atoms. The summed E-state index contributed by atoms with van der Waals surface area (Å²) in [6.45, 7) is 0. The third kappa shape index (κ3) is 11.7. The van der Waals surface area contributed by atoms with Gasteiger partial charge in [0.05, 0.1) is 34.9 Å². The monoisotopic (exact) mass is 1080 g/mol. The normalized spacial score (nSPS) is 11.8. The molecule has 6 N–H and O–H groups in total. The van der Waals surface area contributed by atoms with Gasteiger partial charge in [-0.15, -0.1) is 11.8 Å². The molecule has 3 heterocycles. The van der Waals surface area contributed by atoms with Crippen LogP contribution in [0.1, 0.15) is 16.7 Å². The molecule has 3 aromatic heterocycles.